The fourth-order valence-corrected chi connectivity index (χ4v) is 4.73. The third-order valence-corrected chi connectivity index (χ3v) is 6.33. The van der Waals surface area contributed by atoms with Gasteiger partial charge in [0.25, 0.3) is 21.8 Å². The van der Waals surface area contributed by atoms with E-state index in [9.17, 15) is 27.9 Å². The van der Waals surface area contributed by atoms with Crippen LogP contribution in [0.3, 0.4) is 0 Å². The van der Waals surface area contributed by atoms with Crippen LogP contribution in [0.1, 0.15) is 47.4 Å². The fraction of sp³-hybridized carbons (Fsp3) is 0.438. The van der Waals surface area contributed by atoms with Gasteiger partial charge >= 0.3 is 5.97 Å². The van der Waals surface area contributed by atoms with Gasteiger partial charge in [-0.3, -0.25) is 9.59 Å². The third-order valence-electron chi connectivity index (χ3n) is 4.33. The molecule has 25 heavy (non-hydrogen) atoms. The van der Waals surface area contributed by atoms with Gasteiger partial charge in [-0.25, -0.2) is 17.5 Å². The molecule has 1 heterocycles. The Morgan fingerprint density at radius 2 is 1.92 bits per heavy atom. The van der Waals surface area contributed by atoms with Crippen molar-refractivity contribution in [3.05, 3.63) is 29.3 Å². The highest BCUT2D eigenvalue weighted by Gasteiger charge is 2.43. The molecule has 3 rings (SSSR count). The van der Waals surface area contributed by atoms with Crippen molar-refractivity contribution >= 4 is 27.8 Å². The van der Waals surface area contributed by atoms with Crippen molar-refractivity contribution < 1.29 is 27.9 Å². The van der Waals surface area contributed by atoms with E-state index >= 15 is 0 Å². The van der Waals surface area contributed by atoms with E-state index in [4.69, 9.17) is 0 Å². The molecular weight excluding hydrogens is 348 g/mol. The molecule has 0 spiro atoms. The summed E-state index contributed by atoms with van der Waals surface area (Å²) in [5, 5.41) is 11.6. The number of sulfonamides is 1. The SMILES string of the molecule is CC(C)N1C(=O)c2ccc(C(=O)NC(C(=O)O)C3CC3)cc2S1(=O)=O. The summed E-state index contributed by atoms with van der Waals surface area (Å²) in [5.74, 6) is -2.52. The van der Waals surface area contributed by atoms with E-state index in [1.54, 1.807) is 13.8 Å². The number of nitrogens with one attached hydrogen (secondary N) is 1. The van der Waals surface area contributed by atoms with Crippen LogP contribution in [0.5, 0.6) is 0 Å². The highest BCUT2D eigenvalue weighted by molar-refractivity contribution is 7.90. The van der Waals surface area contributed by atoms with Crippen LogP contribution in [0.2, 0.25) is 0 Å². The smallest absolute Gasteiger partial charge is 0.326 e. The van der Waals surface area contributed by atoms with Gasteiger partial charge in [0.05, 0.1) is 5.56 Å². The van der Waals surface area contributed by atoms with E-state index < -0.39 is 39.9 Å². The lowest BCUT2D eigenvalue weighted by Crippen LogP contribution is -2.42. The van der Waals surface area contributed by atoms with E-state index in [0.29, 0.717) is 0 Å². The molecule has 1 saturated carbocycles. The van der Waals surface area contributed by atoms with Crippen LogP contribution in [-0.2, 0) is 14.8 Å². The Bertz CT molecular complexity index is 873. The lowest BCUT2D eigenvalue weighted by Gasteiger charge is -2.18. The van der Waals surface area contributed by atoms with Crippen LogP contribution in [0.4, 0.5) is 0 Å². The van der Waals surface area contributed by atoms with Crippen LogP contribution in [0.15, 0.2) is 23.1 Å². The Hall–Kier alpha value is -2.42. The lowest BCUT2D eigenvalue weighted by molar-refractivity contribution is -0.139. The lowest BCUT2D eigenvalue weighted by atomic mass is 10.1. The predicted octanol–water partition coefficient (Wildman–Crippen LogP) is 0.832. The van der Waals surface area contributed by atoms with Crippen LogP contribution in [-0.4, -0.2) is 47.7 Å². The van der Waals surface area contributed by atoms with E-state index in [1.165, 1.54) is 12.1 Å². The van der Waals surface area contributed by atoms with Crippen molar-refractivity contribution in [3.63, 3.8) is 0 Å². The highest BCUT2D eigenvalue weighted by Crippen LogP contribution is 2.34. The third kappa shape index (κ3) is 2.88. The molecule has 1 unspecified atom stereocenters. The molecule has 0 saturated heterocycles. The average Bonchev–Trinajstić information content (AvgIpc) is 3.32. The Kier molecular flexibility index (Phi) is 4.06. The largest absolute Gasteiger partial charge is 0.480 e. The Labute approximate surface area is 144 Å². The summed E-state index contributed by atoms with van der Waals surface area (Å²) in [7, 11) is -4.01. The van der Waals surface area contributed by atoms with E-state index in [0.717, 1.165) is 23.2 Å². The zero-order valence-corrected chi connectivity index (χ0v) is 14.5. The number of amides is 2. The molecule has 2 N–H and O–H groups in total. The number of fused-ring (bicyclic) bond motifs is 1. The maximum absolute atomic E-state index is 12.5. The normalized spacial score (nSPS) is 19.6. The molecule has 9 heteroatoms. The highest BCUT2D eigenvalue weighted by atomic mass is 32.2. The summed E-state index contributed by atoms with van der Waals surface area (Å²) in [4.78, 5) is 35.6. The first-order valence-electron chi connectivity index (χ1n) is 7.91. The summed E-state index contributed by atoms with van der Waals surface area (Å²) >= 11 is 0. The molecule has 1 atom stereocenters. The number of hydrogen-bond acceptors (Lipinski definition) is 5. The van der Waals surface area contributed by atoms with E-state index in [1.807, 2.05) is 0 Å². The van der Waals surface area contributed by atoms with Gasteiger partial charge in [-0.15, -0.1) is 0 Å². The Balaban J connectivity index is 1.92. The summed E-state index contributed by atoms with van der Waals surface area (Å²) in [5.41, 5.74) is 0.0230. The maximum Gasteiger partial charge on any atom is 0.326 e. The zero-order valence-electron chi connectivity index (χ0n) is 13.7. The van der Waals surface area contributed by atoms with Crippen molar-refractivity contribution in [1.82, 2.24) is 9.62 Å². The maximum atomic E-state index is 12.5. The first-order chi connectivity index (χ1) is 11.6. The first kappa shape index (κ1) is 17.4. The molecule has 134 valence electrons. The molecule has 1 aliphatic heterocycles. The van der Waals surface area contributed by atoms with Crippen molar-refractivity contribution in [2.45, 2.75) is 43.7 Å². The summed E-state index contributed by atoms with van der Waals surface area (Å²) in [6.45, 7) is 3.17. The summed E-state index contributed by atoms with van der Waals surface area (Å²) in [6, 6.07) is 2.21. The first-order valence-corrected chi connectivity index (χ1v) is 9.35. The second-order valence-corrected chi connectivity index (χ2v) is 8.32. The number of aliphatic carboxylic acids is 1. The van der Waals surface area contributed by atoms with Gasteiger partial charge in [-0.2, -0.15) is 0 Å². The number of hydrogen-bond donors (Lipinski definition) is 2. The minimum atomic E-state index is -4.01. The second-order valence-electron chi connectivity index (χ2n) is 6.54. The minimum absolute atomic E-state index is 0.00707. The molecule has 0 aromatic heterocycles. The van der Waals surface area contributed by atoms with Gasteiger partial charge in [0, 0.05) is 11.6 Å². The number of carbonyl (C=O) groups is 3. The number of carbonyl (C=O) groups excluding carboxylic acids is 2. The monoisotopic (exact) mass is 366 g/mol. The molecule has 1 aliphatic carbocycles. The number of nitrogens with zero attached hydrogens (tertiary/aromatic N) is 1. The standard InChI is InChI=1S/C16H18N2O6S/c1-8(2)18-15(20)11-6-5-10(7-12(11)25(18,23)24)14(19)17-13(16(21)22)9-3-4-9/h5-9,13H,3-4H2,1-2H3,(H,17,19)(H,21,22). The Morgan fingerprint density at radius 1 is 1.28 bits per heavy atom. The average molecular weight is 366 g/mol. The second kappa shape index (κ2) is 5.83. The predicted molar refractivity (Wildman–Crippen MR) is 86.5 cm³/mol. The Morgan fingerprint density at radius 3 is 2.44 bits per heavy atom. The molecule has 0 radical (unpaired) electrons. The van der Waals surface area contributed by atoms with Crippen LogP contribution in [0.25, 0.3) is 0 Å². The van der Waals surface area contributed by atoms with Gasteiger partial charge < -0.3 is 10.4 Å². The van der Waals surface area contributed by atoms with Crippen LogP contribution < -0.4 is 5.32 Å². The molecule has 2 aliphatic rings. The summed E-state index contributed by atoms with van der Waals surface area (Å²) in [6.07, 6.45) is 1.46. The van der Waals surface area contributed by atoms with Crippen molar-refractivity contribution in [2.24, 2.45) is 5.92 Å². The van der Waals surface area contributed by atoms with Gasteiger partial charge in [0.2, 0.25) is 0 Å². The molecule has 1 fully saturated rings. The van der Waals surface area contributed by atoms with Crippen molar-refractivity contribution in [1.29, 1.82) is 0 Å². The molecular formula is C16H18N2O6S. The summed E-state index contributed by atoms with van der Waals surface area (Å²) < 4.78 is 25.9. The number of rotatable bonds is 5. The number of carboxylic acids is 1. The molecule has 8 nitrogen and oxygen atoms in total. The topological polar surface area (TPSA) is 121 Å². The van der Waals surface area contributed by atoms with Gasteiger partial charge in [-0.05, 0) is 50.8 Å². The van der Waals surface area contributed by atoms with E-state index in [-0.39, 0.29) is 21.9 Å². The molecule has 2 amide bonds. The number of carboxylic acid groups (broad SMARTS) is 1. The van der Waals surface area contributed by atoms with Crippen molar-refractivity contribution in [3.8, 4) is 0 Å². The number of benzene rings is 1. The van der Waals surface area contributed by atoms with Gasteiger partial charge in [0.15, 0.2) is 0 Å². The van der Waals surface area contributed by atoms with Crippen molar-refractivity contribution in [2.75, 3.05) is 0 Å². The van der Waals surface area contributed by atoms with E-state index in [2.05, 4.69) is 5.32 Å². The zero-order chi connectivity index (χ0) is 18.5. The quantitative estimate of drug-likeness (QED) is 0.796. The van der Waals surface area contributed by atoms with Gasteiger partial charge in [-0.1, -0.05) is 0 Å². The fourth-order valence-electron chi connectivity index (χ4n) is 2.93. The van der Waals surface area contributed by atoms with Crippen LogP contribution >= 0.6 is 0 Å². The molecule has 1 aromatic rings. The van der Waals surface area contributed by atoms with Crippen LogP contribution in [0, 0.1) is 5.92 Å². The van der Waals surface area contributed by atoms with Gasteiger partial charge in [0.1, 0.15) is 10.9 Å². The molecule has 1 aromatic carbocycles. The minimum Gasteiger partial charge on any atom is -0.480 e. The molecule has 0 bridgehead atoms.